The number of halogens is 3. The molecule has 0 spiro atoms. The zero-order valence-electron chi connectivity index (χ0n) is 13.2. The van der Waals surface area contributed by atoms with Gasteiger partial charge in [-0.05, 0) is 38.3 Å². The van der Waals surface area contributed by atoms with E-state index < -0.39 is 30.1 Å². The van der Waals surface area contributed by atoms with Crippen LogP contribution in [0, 0.1) is 11.8 Å². The second-order valence-electron chi connectivity index (χ2n) is 6.20. The number of aromatic nitrogens is 1. The SMILES string of the molecule is CC(OC(=O)C1CCCC(C(F)(F)F)C1)c1nc2ccccc2s1. The van der Waals surface area contributed by atoms with Crippen LogP contribution in [0.1, 0.15) is 43.7 Å². The standard InChI is InChI=1S/C17H18F3NO2S/c1-10(15-21-13-7-2-3-8-14(13)24-15)23-16(22)11-5-4-6-12(9-11)17(18,19)20/h2-3,7-8,10-12H,4-6,9H2,1H3. The van der Waals surface area contributed by atoms with Crippen molar-refractivity contribution in [2.75, 3.05) is 0 Å². The van der Waals surface area contributed by atoms with E-state index in [1.807, 2.05) is 24.3 Å². The first-order valence-electron chi connectivity index (χ1n) is 7.97. The van der Waals surface area contributed by atoms with Crippen molar-refractivity contribution in [3.63, 3.8) is 0 Å². The van der Waals surface area contributed by atoms with Crippen LogP contribution in [0.5, 0.6) is 0 Å². The molecule has 1 fully saturated rings. The molecular weight excluding hydrogens is 339 g/mol. The van der Waals surface area contributed by atoms with Crippen molar-refractivity contribution in [2.45, 2.75) is 44.9 Å². The number of ether oxygens (including phenoxy) is 1. The lowest BCUT2D eigenvalue weighted by Gasteiger charge is -2.29. The number of thiazole rings is 1. The number of carbonyl (C=O) groups excluding carboxylic acids is 1. The van der Waals surface area contributed by atoms with Crippen molar-refractivity contribution in [3.05, 3.63) is 29.3 Å². The average molecular weight is 357 g/mol. The van der Waals surface area contributed by atoms with Gasteiger partial charge in [0.1, 0.15) is 5.01 Å². The van der Waals surface area contributed by atoms with E-state index in [1.165, 1.54) is 11.3 Å². The summed E-state index contributed by atoms with van der Waals surface area (Å²) >= 11 is 1.43. The highest BCUT2D eigenvalue weighted by Gasteiger charge is 2.44. The molecule has 0 amide bonds. The molecule has 1 aromatic carbocycles. The first-order chi connectivity index (χ1) is 11.3. The van der Waals surface area contributed by atoms with Gasteiger partial charge in [-0.15, -0.1) is 11.3 Å². The Morgan fingerprint density at radius 1 is 1.33 bits per heavy atom. The summed E-state index contributed by atoms with van der Waals surface area (Å²) in [5.41, 5.74) is 0.829. The summed E-state index contributed by atoms with van der Waals surface area (Å²) in [7, 11) is 0. The molecule has 0 saturated heterocycles. The Balaban J connectivity index is 1.65. The highest BCUT2D eigenvalue weighted by molar-refractivity contribution is 7.18. The summed E-state index contributed by atoms with van der Waals surface area (Å²) in [6.45, 7) is 1.71. The van der Waals surface area contributed by atoms with Crippen molar-refractivity contribution in [2.24, 2.45) is 11.8 Å². The highest BCUT2D eigenvalue weighted by atomic mass is 32.1. The van der Waals surface area contributed by atoms with Gasteiger partial charge < -0.3 is 4.74 Å². The Labute approximate surface area is 141 Å². The molecule has 0 bridgehead atoms. The van der Waals surface area contributed by atoms with E-state index in [9.17, 15) is 18.0 Å². The molecule has 0 aliphatic heterocycles. The van der Waals surface area contributed by atoms with E-state index in [2.05, 4.69) is 4.98 Å². The summed E-state index contributed by atoms with van der Waals surface area (Å²) in [6, 6.07) is 7.58. The molecule has 1 saturated carbocycles. The molecule has 1 aliphatic rings. The molecule has 3 atom stereocenters. The molecule has 7 heteroatoms. The zero-order valence-corrected chi connectivity index (χ0v) is 14.0. The number of carbonyl (C=O) groups is 1. The van der Waals surface area contributed by atoms with Crippen LogP contribution in [0.15, 0.2) is 24.3 Å². The topological polar surface area (TPSA) is 39.2 Å². The predicted molar refractivity (Wildman–Crippen MR) is 85.6 cm³/mol. The molecule has 3 nitrogen and oxygen atoms in total. The molecule has 2 aromatic rings. The minimum Gasteiger partial charge on any atom is -0.455 e. The molecule has 1 heterocycles. The number of esters is 1. The minimum absolute atomic E-state index is 0.0979. The monoisotopic (exact) mass is 357 g/mol. The second-order valence-corrected chi connectivity index (χ2v) is 7.26. The Bertz CT molecular complexity index is 695. The van der Waals surface area contributed by atoms with Gasteiger partial charge in [0, 0.05) is 0 Å². The molecule has 3 unspecified atom stereocenters. The van der Waals surface area contributed by atoms with Gasteiger partial charge >= 0.3 is 12.1 Å². The largest absolute Gasteiger partial charge is 0.455 e. The number of para-hydroxylation sites is 1. The van der Waals surface area contributed by atoms with Crippen molar-refractivity contribution < 1.29 is 22.7 Å². The fourth-order valence-corrected chi connectivity index (χ4v) is 4.03. The van der Waals surface area contributed by atoms with E-state index in [0.717, 1.165) is 10.2 Å². The number of rotatable bonds is 3. The van der Waals surface area contributed by atoms with Gasteiger partial charge in [-0.3, -0.25) is 4.79 Å². The summed E-state index contributed by atoms with van der Waals surface area (Å²) in [6.07, 6.45) is -4.01. The van der Waals surface area contributed by atoms with Gasteiger partial charge in [-0.1, -0.05) is 18.6 Å². The Morgan fingerprint density at radius 3 is 2.79 bits per heavy atom. The van der Waals surface area contributed by atoms with E-state index in [1.54, 1.807) is 6.92 Å². The normalized spacial score (nSPS) is 23.2. The Kier molecular flexibility index (Phi) is 4.80. The molecule has 24 heavy (non-hydrogen) atoms. The fourth-order valence-electron chi connectivity index (χ4n) is 3.09. The van der Waals surface area contributed by atoms with Gasteiger partial charge in [0.15, 0.2) is 6.10 Å². The van der Waals surface area contributed by atoms with Crippen molar-refractivity contribution >= 4 is 27.5 Å². The molecule has 0 radical (unpaired) electrons. The number of benzene rings is 1. The summed E-state index contributed by atoms with van der Waals surface area (Å²) in [5, 5.41) is 0.660. The van der Waals surface area contributed by atoms with Crippen LogP contribution >= 0.6 is 11.3 Å². The number of nitrogens with zero attached hydrogens (tertiary/aromatic N) is 1. The van der Waals surface area contributed by atoms with E-state index in [4.69, 9.17) is 4.74 Å². The van der Waals surface area contributed by atoms with Gasteiger partial charge in [0.25, 0.3) is 0 Å². The van der Waals surface area contributed by atoms with Gasteiger partial charge in [-0.25, -0.2) is 4.98 Å². The van der Waals surface area contributed by atoms with E-state index >= 15 is 0 Å². The second kappa shape index (κ2) is 6.70. The molecular formula is C17H18F3NO2S. The first kappa shape index (κ1) is 17.2. The first-order valence-corrected chi connectivity index (χ1v) is 8.79. The van der Waals surface area contributed by atoms with Crippen molar-refractivity contribution in [3.8, 4) is 0 Å². The van der Waals surface area contributed by atoms with Crippen molar-refractivity contribution in [1.29, 1.82) is 0 Å². The smallest absolute Gasteiger partial charge is 0.391 e. The van der Waals surface area contributed by atoms with Crippen molar-refractivity contribution in [1.82, 2.24) is 4.98 Å². The molecule has 0 N–H and O–H groups in total. The maximum absolute atomic E-state index is 12.9. The summed E-state index contributed by atoms with van der Waals surface area (Å²) < 4.78 is 45.0. The van der Waals surface area contributed by atoms with Crippen LogP contribution < -0.4 is 0 Å². The van der Waals surface area contributed by atoms with Crippen LogP contribution in [0.25, 0.3) is 10.2 Å². The number of alkyl halides is 3. The average Bonchev–Trinajstić information content (AvgIpc) is 2.98. The summed E-state index contributed by atoms with van der Waals surface area (Å²) in [4.78, 5) is 16.7. The van der Waals surface area contributed by atoms with Crippen LogP contribution in [0.4, 0.5) is 13.2 Å². The maximum atomic E-state index is 12.9. The highest BCUT2D eigenvalue weighted by Crippen LogP contribution is 2.40. The lowest BCUT2D eigenvalue weighted by Crippen LogP contribution is -2.32. The van der Waals surface area contributed by atoms with Crippen LogP contribution in [0.2, 0.25) is 0 Å². The van der Waals surface area contributed by atoms with Crippen LogP contribution in [0.3, 0.4) is 0 Å². The Hall–Kier alpha value is -1.63. The third kappa shape index (κ3) is 3.71. The van der Waals surface area contributed by atoms with E-state index in [-0.39, 0.29) is 12.8 Å². The maximum Gasteiger partial charge on any atom is 0.391 e. The van der Waals surface area contributed by atoms with E-state index in [0.29, 0.717) is 17.8 Å². The van der Waals surface area contributed by atoms with Gasteiger partial charge in [0.2, 0.25) is 0 Å². The predicted octanol–water partition coefficient (Wildman–Crippen LogP) is 5.27. The van der Waals surface area contributed by atoms with Gasteiger partial charge in [-0.2, -0.15) is 13.2 Å². The number of hydrogen-bond donors (Lipinski definition) is 0. The third-order valence-corrected chi connectivity index (χ3v) is 5.62. The zero-order chi connectivity index (χ0) is 17.3. The summed E-state index contributed by atoms with van der Waals surface area (Å²) in [5.74, 6) is -2.63. The molecule has 1 aromatic heterocycles. The van der Waals surface area contributed by atoms with Crippen LogP contribution in [-0.2, 0) is 9.53 Å². The fraction of sp³-hybridized carbons (Fsp3) is 0.529. The third-order valence-electron chi connectivity index (χ3n) is 4.42. The van der Waals surface area contributed by atoms with Crippen LogP contribution in [-0.4, -0.2) is 17.1 Å². The van der Waals surface area contributed by atoms with Gasteiger partial charge in [0.05, 0.1) is 22.1 Å². The lowest BCUT2D eigenvalue weighted by molar-refractivity contribution is -0.189. The molecule has 1 aliphatic carbocycles. The quantitative estimate of drug-likeness (QED) is 0.703. The molecule has 3 rings (SSSR count). The molecule has 130 valence electrons. The minimum atomic E-state index is -4.24. The number of fused-ring (bicyclic) bond motifs is 1. The Morgan fingerprint density at radius 2 is 2.08 bits per heavy atom. The lowest BCUT2D eigenvalue weighted by atomic mass is 9.81. The number of hydrogen-bond acceptors (Lipinski definition) is 4.